The molecule has 3 aliphatic heterocycles. The van der Waals surface area contributed by atoms with E-state index in [1.165, 1.54) is 6.07 Å². The number of rotatable bonds is 12. The van der Waals surface area contributed by atoms with Crippen LogP contribution in [0.5, 0.6) is 17.2 Å². The van der Waals surface area contributed by atoms with Gasteiger partial charge in [0.15, 0.2) is 0 Å². The Balaban J connectivity index is 1.33. The van der Waals surface area contributed by atoms with Gasteiger partial charge in [-0.05, 0) is 53.1 Å². The molecule has 3 aliphatic rings. The molecule has 3 saturated heterocycles. The third-order valence-electron chi connectivity index (χ3n) is 6.58. The Morgan fingerprint density at radius 3 is 1.42 bits per heavy atom. The maximum Gasteiger partial charge on any atom is 0.416 e. The average molecular weight is 529 g/mol. The number of ether oxygens (including phenoxy) is 6. The Hall–Kier alpha value is -3.27. The van der Waals surface area contributed by atoms with Crippen LogP contribution in [0.2, 0.25) is 0 Å². The lowest BCUT2D eigenvalue weighted by atomic mass is 9.82. The van der Waals surface area contributed by atoms with Crippen molar-refractivity contribution >= 4 is 0 Å². The summed E-state index contributed by atoms with van der Waals surface area (Å²) < 4.78 is 75.6. The summed E-state index contributed by atoms with van der Waals surface area (Å²) in [5.74, 6) is 0.744. The van der Waals surface area contributed by atoms with Crippen LogP contribution >= 0.6 is 0 Å². The van der Waals surface area contributed by atoms with Crippen LogP contribution in [0.15, 0.2) is 66.7 Å². The second-order valence-corrected chi connectivity index (χ2v) is 9.62. The second-order valence-electron chi connectivity index (χ2n) is 9.62. The summed E-state index contributed by atoms with van der Waals surface area (Å²) >= 11 is 0. The van der Waals surface area contributed by atoms with Gasteiger partial charge in [0.05, 0.1) is 25.4 Å². The molecule has 0 spiro atoms. The Labute approximate surface area is 218 Å². The molecule has 3 aromatic carbocycles. The van der Waals surface area contributed by atoms with Crippen molar-refractivity contribution in [3.05, 3.63) is 89.0 Å². The zero-order valence-electron chi connectivity index (χ0n) is 20.5. The quantitative estimate of drug-likeness (QED) is 0.237. The van der Waals surface area contributed by atoms with Crippen LogP contribution in [0.1, 0.15) is 28.2 Å². The first-order valence-corrected chi connectivity index (χ1v) is 12.6. The normalized spacial score (nSPS) is 22.4. The number of epoxide rings is 3. The van der Waals surface area contributed by atoms with Gasteiger partial charge in [-0.3, -0.25) is 0 Å². The average Bonchev–Trinajstić information content (AvgIpc) is 3.75. The van der Waals surface area contributed by atoms with Gasteiger partial charge in [0.1, 0.15) is 55.4 Å². The van der Waals surface area contributed by atoms with Gasteiger partial charge >= 0.3 is 6.18 Å². The monoisotopic (exact) mass is 528 g/mol. The predicted molar refractivity (Wildman–Crippen MR) is 131 cm³/mol. The molecular formula is C29H27F3O6. The molecule has 0 bridgehead atoms. The fourth-order valence-electron chi connectivity index (χ4n) is 4.25. The molecule has 3 unspecified atom stereocenters. The minimum absolute atomic E-state index is 0.0591. The van der Waals surface area contributed by atoms with E-state index in [1.807, 2.05) is 0 Å². The van der Waals surface area contributed by atoms with Crippen molar-refractivity contribution < 1.29 is 41.6 Å². The number of alkyl halides is 3. The molecule has 0 saturated carbocycles. The lowest BCUT2D eigenvalue weighted by molar-refractivity contribution is -0.138. The van der Waals surface area contributed by atoms with Crippen LogP contribution in [0, 0.1) is 0 Å². The van der Waals surface area contributed by atoms with Crippen LogP contribution in [0.4, 0.5) is 13.2 Å². The minimum atomic E-state index is -4.58. The van der Waals surface area contributed by atoms with Gasteiger partial charge in [0.25, 0.3) is 0 Å². The summed E-state index contributed by atoms with van der Waals surface area (Å²) in [7, 11) is 0. The lowest BCUT2D eigenvalue weighted by Gasteiger charge is -2.24. The van der Waals surface area contributed by atoms with E-state index in [-0.39, 0.29) is 36.2 Å². The highest BCUT2D eigenvalue weighted by Crippen LogP contribution is 2.43. The van der Waals surface area contributed by atoms with E-state index in [0.717, 1.165) is 6.07 Å². The molecule has 0 amide bonds. The van der Waals surface area contributed by atoms with Gasteiger partial charge in [-0.2, -0.15) is 13.2 Å². The molecule has 0 radical (unpaired) electrons. The van der Waals surface area contributed by atoms with Crippen molar-refractivity contribution in [3.63, 3.8) is 0 Å². The first kappa shape index (κ1) is 25.0. The zero-order chi connectivity index (χ0) is 26.1. The van der Waals surface area contributed by atoms with Crippen LogP contribution in [0.25, 0.3) is 0 Å². The molecule has 0 aromatic heterocycles. The van der Waals surface area contributed by atoms with Gasteiger partial charge in [0, 0.05) is 5.92 Å². The second kappa shape index (κ2) is 10.5. The lowest BCUT2D eigenvalue weighted by Crippen LogP contribution is -2.15. The number of hydrogen-bond acceptors (Lipinski definition) is 6. The fraction of sp³-hybridized carbons (Fsp3) is 0.379. The molecule has 0 aliphatic carbocycles. The van der Waals surface area contributed by atoms with E-state index < -0.39 is 17.7 Å². The molecule has 6 nitrogen and oxygen atoms in total. The van der Waals surface area contributed by atoms with Gasteiger partial charge in [-0.1, -0.05) is 30.3 Å². The van der Waals surface area contributed by atoms with E-state index in [4.69, 9.17) is 28.4 Å². The summed E-state index contributed by atoms with van der Waals surface area (Å²) in [5.41, 5.74) is 0.790. The van der Waals surface area contributed by atoms with E-state index in [0.29, 0.717) is 55.7 Å². The van der Waals surface area contributed by atoms with Crippen LogP contribution in [0.3, 0.4) is 0 Å². The third-order valence-corrected chi connectivity index (χ3v) is 6.58. The van der Waals surface area contributed by atoms with Crippen molar-refractivity contribution in [3.8, 4) is 17.2 Å². The van der Waals surface area contributed by atoms with Gasteiger partial charge < -0.3 is 28.4 Å². The zero-order valence-corrected chi connectivity index (χ0v) is 20.5. The first-order chi connectivity index (χ1) is 18.4. The Morgan fingerprint density at radius 1 is 0.632 bits per heavy atom. The maximum absolute atomic E-state index is 14.4. The smallest absolute Gasteiger partial charge is 0.416 e. The Bertz CT molecular complexity index is 1170. The van der Waals surface area contributed by atoms with Gasteiger partial charge in [-0.25, -0.2) is 0 Å². The summed E-state index contributed by atoms with van der Waals surface area (Å²) in [6, 6.07) is 18.5. The molecule has 0 N–H and O–H groups in total. The van der Waals surface area contributed by atoms with E-state index in [9.17, 15) is 13.2 Å². The highest BCUT2D eigenvalue weighted by atomic mass is 19.4. The molecule has 9 heteroatoms. The standard InChI is InChI=1S/C29H27F3O6/c30-29(31,32)27-11-22(35-14-25-17-38-25)9-10-26(27)28(18-1-5-20(6-2-18)33-12-23-15-36-23)19-3-7-21(8-4-19)34-13-24-16-37-24/h1-11,23-25,28H,12-17H2. The molecule has 3 atom stereocenters. The summed E-state index contributed by atoms with van der Waals surface area (Å²) in [6.45, 7) is 3.04. The Morgan fingerprint density at radius 2 is 1.03 bits per heavy atom. The number of benzene rings is 3. The Kier molecular flexibility index (Phi) is 6.90. The van der Waals surface area contributed by atoms with Gasteiger partial charge in [-0.15, -0.1) is 0 Å². The highest BCUT2D eigenvalue weighted by molar-refractivity contribution is 5.51. The molecular weight excluding hydrogens is 501 g/mol. The summed E-state index contributed by atoms with van der Waals surface area (Å²) in [5, 5.41) is 0. The SMILES string of the molecule is FC(F)(F)c1cc(OCC2CO2)ccc1C(c1ccc(OCC2CO2)cc1)c1ccc(OCC2CO2)cc1. The molecule has 200 valence electrons. The molecule has 3 heterocycles. The largest absolute Gasteiger partial charge is 0.491 e. The van der Waals surface area contributed by atoms with E-state index in [1.54, 1.807) is 54.6 Å². The van der Waals surface area contributed by atoms with Gasteiger partial charge in [0.2, 0.25) is 0 Å². The molecule has 38 heavy (non-hydrogen) atoms. The van der Waals surface area contributed by atoms with Crippen molar-refractivity contribution in [2.75, 3.05) is 39.6 Å². The minimum Gasteiger partial charge on any atom is -0.491 e. The maximum atomic E-state index is 14.4. The topological polar surface area (TPSA) is 65.3 Å². The third kappa shape index (κ3) is 6.40. The first-order valence-electron chi connectivity index (χ1n) is 12.6. The van der Waals surface area contributed by atoms with Crippen molar-refractivity contribution in [2.45, 2.75) is 30.4 Å². The van der Waals surface area contributed by atoms with E-state index in [2.05, 4.69) is 0 Å². The number of halogens is 3. The molecule has 3 fully saturated rings. The van der Waals surface area contributed by atoms with Crippen molar-refractivity contribution in [1.82, 2.24) is 0 Å². The highest BCUT2D eigenvalue weighted by Gasteiger charge is 2.37. The van der Waals surface area contributed by atoms with Crippen molar-refractivity contribution in [1.29, 1.82) is 0 Å². The van der Waals surface area contributed by atoms with E-state index >= 15 is 0 Å². The summed E-state index contributed by atoms with van der Waals surface area (Å²) in [4.78, 5) is 0. The van der Waals surface area contributed by atoms with Crippen molar-refractivity contribution in [2.24, 2.45) is 0 Å². The van der Waals surface area contributed by atoms with Crippen LogP contribution < -0.4 is 14.2 Å². The summed E-state index contributed by atoms with van der Waals surface area (Å²) in [6.07, 6.45) is -4.42. The number of hydrogen-bond donors (Lipinski definition) is 0. The molecule has 6 rings (SSSR count). The predicted octanol–water partition coefficient (Wildman–Crippen LogP) is 5.22. The fourth-order valence-corrected chi connectivity index (χ4v) is 4.25. The van der Waals surface area contributed by atoms with Crippen LogP contribution in [-0.4, -0.2) is 58.0 Å². The molecule has 3 aromatic rings. The van der Waals surface area contributed by atoms with Crippen LogP contribution in [-0.2, 0) is 20.4 Å².